The zero-order valence-electron chi connectivity index (χ0n) is 13.3. The maximum Gasteiger partial charge on any atom is 1.00 e. The first-order valence-electron chi connectivity index (χ1n) is 6.88. The van der Waals surface area contributed by atoms with E-state index >= 15 is 0 Å². The number of H-pyrrole nitrogens is 1. The van der Waals surface area contributed by atoms with Gasteiger partial charge in [0.15, 0.2) is 0 Å². The molecule has 0 aliphatic rings. The van der Waals surface area contributed by atoms with Gasteiger partial charge in [0.25, 0.3) is 0 Å². The molecule has 10 heteroatoms. The zero-order chi connectivity index (χ0) is 18.2. The second-order valence-electron chi connectivity index (χ2n) is 5.09. The molecule has 0 saturated carbocycles. The Morgan fingerprint density at radius 2 is 1.73 bits per heavy atom. The minimum absolute atomic E-state index is 0. The van der Waals surface area contributed by atoms with Gasteiger partial charge in [0.1, 0.15) is 11.4 Å². The Hall–Kier alpha value is -1.16. The molecule has 130 valence electrons. The number of nitrogens with zero attached hydrogens (tertiary/aromatic N) is 1. The minimum Gasteiger partial charge on any atom is -0.768 e. The van der Waals surface area contributed by atoms with Crippen molar-refractivity contribution < 1.29 is 51.5 Å². The van der Waals surface area contributed by atoms with E-state index in [0.717, 1.165) is 0 Å². The molecule has 0 spiro atoms. The van der Waals surface area contributed by atoms with Crippen molar-refractivity contribution >= 4 is 22.7 Å². The van der Waals surface area contributed by atoms with Crippen LogP contribution in [0.15, 0.2) is 53.4 Å². The van der Waals surface area contributed by atoms with Crippen molar-refractivity contribution in [3.05, 3.63) is 59.2 Å². The van der Waals surface area contributed by atoms with E-state index in [9.17, 15) is 21.9 Å². The Labute approximate surface area is 176 Å². The molecule has 3 rings (SSSR count). The van der Waals surface area contributed by atoms with E-state index < -0.39 is 23.0 Å². The summed E-state index contributed by atoms with van der Waals surface area (Å²) in [5.74, 6) is 0. The summed E-state index contributed by atoms with van der Waals surface area (Å²) in [6.45, 7) is 0. The maximum atomic E-state index is 13.3. The largest absolute Gasteiger partial charge is 1.00 e. The van der Waals surface area contributed by atoms with Crippen molar-refractivity contribution in [2.75, 3.05) is 0 Å². The summed E-state index contributed by atoms with van der Waals surface area (Å²) in [4.78, 5) is 0.0274. The third-order valence-corrected chi connectivity index (χ3v) is 4.38. The van der Waals surface area contributed by atoms with Crippen molar-refractivity contribution in [3.63, 3.8) is 0 Å². The Bertz CT molecular complexity index is 945. The average Bonchev–Trinajstić information content (AvgIpc) is 3.00. The average molecular weight is 409 g/mol. The molecule has 1 N–H and O–H groups in total. The monoisotopic (exact) mass is 408 g/mol. The van der Waals surface area contributed by atoms with Gasteiger partial charge in [-0.2, -0.15) is 18.3 Å². The Kier molecular flexibility index (Phi) is 6.70. The SMILES string of the molecule is O=S([O-])c1ccc(-c2n[nH]c(C(F)(F)F)c2-c2cccc(Cl)c2)cc1.[Na+]. The number of halogens is 4. The fourth-order valence-electron chi connectivity index (χ4n) is 2.40. The molecular formula is C16H9ClF3N2NaO2S. The second kappa shape index (κ2) is 8.24. The Balaban J connectivity index is 0.00000243. The van der Waals surface area contributed by atoms with E-state index in [4.69, 9.17) is 11.6 Å². The fraction of sp³-hybridized carbons (Fsp3) is 0.0625. The van der Waals surface area contributed by atoms with Crippen molar-refractivity contribution in [1.82, 2.24) is 10.2 Å². The summed E-state index contributed by atoms with van der Waals surface area (Å²) in [6.07, 6.45) is -4.64. The molecule has 1 heterocycles. The van der Waals surface area contributed by atoms with Crippen LogP contribution < -0.4 is 29.6 Å². The quantitative estimate of drug-likeness (QED) is 0.529. The molecule has 26 heavy (non-hydrogen) atoms. The molecule has 4 nitrogen and oxygen atoms in total. The van der Waals surface area contributed by atoms with Crippen molar-refractivity contribution in [2.45, 2.75) is 11.1 Å². The molecule has 2 aromatic carbocycles. The first kappa shape index (κ1) is 21.1. The first-order valence-corrected chi connectivity index (χ1v) is 8.34. The van der Waals surface area contributed by atoms with Gasteiger partial charge >= 0.3 is 35.7 Å². The van der Waals surface area contributed by atoms with Gasteiger partial charge in [0.2, 0.25) is 0 Å². The van der Waals surface area contributed by atoms with Crippen molar-refractivity contribution in [2.24, 2.45) is 0 Å². The molecule has 0 amide bonds. The van der Waals surface area contributed by atoms with Crippen LogP contribution in [0.5, 0.6) is 0 Å². The van der Waals surface area contributed by atoms with Gasteiger partial charge in [-0.15, -0.1) is 0 Å². The van der Waals surface area contributed by atoms with Crippen LogP contribution >= 0.6 is 11.6 Å². The van der Waals surface area contributed by atoms with Gasteiger partial charge in [-0.1, -0.05) is 35.9 Å². The van der Waals surface area contributed by atoms with Crippen molar-refractivity contribution in [3.8, 4) is 22.4 Å². The van der Waals surface area contributed by atoms with Crippen LogP contribution in [0.25, 0.3) is 22.4 Å². The van der Waals surface area contributed by atoms with E-state index in [-0.39, 0.29) is 56.3 Å². The molecule has 3 aromatic rings. The molecule has 0 radical (unpaired) electrons. The number of aromatic nitrogens is 2. The smallest absolute Gasteiger partial charge is 0.768 e. The molecule has 0 aliphatic heterocycles. The van der Waals surface area contributed by atoms with E-state index in [1.54, 1.807) is 6.07 Å². The molecule has 0 bridgehead atoms. The molecule has 1 aromatic heterocycles. The van der Waals surface area contributed by atoms with Crippen LogP contribution in [0.2, 0.25) is 5.02 Å². The molecule has 0 saturated heterocycles. The van der Waals surface area contributed by atoms with Gasteiger partial charge in [-0.05, 0) is 40.9 Å². The van der Waals surface area contributed by atoms with Crippen LogP contribution in [-0.2, 0) is 17.3 Å². The maximum absolute atomic E-state index is 13.3. The number of rotatable bonds is 3. The van der Waals surface area contributed by atoms with Gasteiger partial charge in [-0.25, -0.2) is 0 Å². The van der Waals surface area contributed by atoms with Crippen LogP contribution in [0.3, 0.4) is 0 Å². The van der Waals surface area contributed by atoms with E-state index in [1.807, 2.05) is 5.10 Å². The van der Waals surface area contributed by atoms with Crippen LogP contribution in [-0.4, -0.2) is 19.0 Å². The summed E-state index contributed by atoms with van der Waals surface area (Å²) >= 11 is 3.48. The van der Waals surface area contributed by atoms with Gasteiger partial charge in [0.05, 0.1) is 0 Å². The first-order chi connectivity index (χ1) is 11.8. The molecule has 1 unspecified atom stereocenters. The number of aromatic amines is 1. The summed E-state index contributed by atoms with van der Waals surface area (Å²) in [5.41, 5.74) is -0.499. The molecule has 0 aliphatic carbocycles. The van der Waals surface area contributed by atoms with Gasteiger partial charge in [0, 0.05) is 21.0 Å². The third-order valence-electron chi connectivity index (χ3n) is 3.48. The van der Waals surface area contributed by atoms with Crippen molar-refractivity contribution in [1.29, 1.82) is 0 Å². The van der Waals surface area contributed by atoms with Crippen LogP contribution in [0, 0.1) is 0 Å². The van der Waals surface area contributed by atoms with E-state index in [0.29, 0.717) is 5.56 Å². The Morgan fingerprint density at radius 1 is 1.08 bits per heavy atom. The zero-order valence-corrected chi connectivity index (χ0v) is 16.9. The van der Waals surface area contributed by atoms with Crippen LogP contribution in [0.4, 0.5) is 13.2 Å². The number of hydrogen-bond donors (Lipinski definition) is 1. The number of benzene rings is 2. The molecular weight excluding hydrogens is 400 g/mol. The predicted octanol–water partition coefficient (Wildman–Crippen LogP) is 1.66. The second-order valence-corrected chi connectivity index (χ2v) is 6.47. The van der Waals surface area contributed by atoms with E-state index in [1.165, 1.54) is 42.5 Å². The van der Waals surface area contributed by atoms with E-state index in [2.05, 4.69) is 5.10 Å². The molecule has 1 atom stereocenters. The summed E-state index contributed by atoms with van der Waals surface area (Å²) in [6, 6.07) is 11.4. The third kappa shape index (κ3) is 4.39. The number of nitrogens with one attached hydrogen (secondary N) is 1. The van der Waals surface area contributed by atoms with Crippen LogP contribution in [0.1, 0.15) is 5.69 Å². The minimum atomic E-state index is -4.64. The Morgan fingerprint density at radius 3 is 2.27 bits per heavy atom. The predicted molar refractivity (Wildman–Crippen MR) is 86.7 cm³/mol. The fourth-order valence-corrected chi connectivity index (χ4v) is 2.95. The van der Waals surface area contributed by atoms with Gasteiger partial charge < -0.3 is 4.55 Å². The summed E-state index contributed by atoms with van der Waals surface area (Å²) in [7, 11) is 0. The standard InChI is InChI=1S/C16H10ClF3N2O2S.Na/c17-11-3-1-2-10(8-11)13-14(21-22-15(13)16(18,19)20)9-4-6-12(7-5-9)25(23)24;/h1-8H,(H,21,22)(H,23,24);/q;+1/p-1. The number of hydrogen-bond acceptors (Lipinski definition) is 3. The molecule has 0 fully saturated rings. The van der Waals surface area contributed by atoms with Gasteiger partial charge in [-0.3, -0.25) is 9.31 Å². The topological polar surface area (TPSA) is 68.8 Å². The summed E-state index contributed by atoms with van der Waals surface area (Å²) < 4.78 is 61.9. The normalized spacial score (nSPS) is 12.5. The summed E-state index contributed by atoms with van der Waals surface area (Å²) in [5, 5.41) is 6.11. The number of alkyl halides is 3.